The molecule has 2 aromatic heterocycles. The summed E-state index contributed by atoms with van der Waals surface area (Å²) in [5.41, 5.74) is 14.2. The summed E-state index contributed by atoms with van der Waals surface area (Å²) in [5, 5.41) is 9.24. The van der Waals surface area contributed by atoms with E-state index in [4.69, 9.17) is 8.83 Å². The predicted molar refractivity (Wildman–Crippen MR) is 230 cm³/mol. The van der Waals surface area contributed by atoms with Gasteiger partial charge in [0.1, 0.15) is 22.3 Å². The minimum absolute atomic E-state index is 0.0549. The Bertz CT molecular complexity index is 3180. The van der Waals surface area contributed by atoms with E-state index in [1.165, 1.54) is 49.3 Å². The van der Waals surface area contributed by atoms with Gasteiger partial charge in [0.25, 0.3) is 6.71 Å². The average Bonchev–Trinajstić information content (AvgIpc) is 3.79. The fourth-order valence-corrected chi connectivity index (χ4v) is 9.69. The van der Waals surface area contributed by atoms with Crippen LogP contribution in [-0.4, -0.2) is 6.71 Å². The van der Waals surface area contributed by atoms with Gasteiger partial charge in [-0.2, -0.15) is 0 Å². The van der Waals surface area contributed by atoms with Crippen LogP contribution in [0.25, 0.3) is 65.4 Å². The minimum Gasteiger partial charge on any atom is -0.456 e. The first-order chi connectivity index (χ1) is 27.3. The van der Waals surface area contributed by atoms with Crippen LogP contribution in [0.5, 0.6) is 0 Å². The maximum Gasteiger partial charge on any atom is 0.252 e. The summed E-state index contributed by atoms with van der Waals surface area (Å²) in [4.78, 5) is 4.95. The van der Waals surface area contributed by atoms with Crippen molar-refractivity contribution in [2.75, 3.05) is 9.80 Å². The molecule has 0 radical (unpaired) electrons. The highest BCUT2D eigenvalue weighted by Crippen LogP contribution is 2.50. The summed E-state index contributed by atoms with van der Waals surface area (Å²) in [7, 11) is 0. The second kappa shape index (κ2) is 10.7. The van der Waals surface area contributed by atoms with E-state index >= 15 is 0 Å². The lowest BCUT2D eigenvalue weighted by molar-refractivity contribution is 0.669. The van der Waals surface area contributed by atoms with Crippen molar-refractivity contribution in [1.82, 2.24) is 0 Å². The molecule has 0 fully saturated rings. The second-order valence-corrected chi connectivity index (χ2v) is 14.8. The summed E-state index contributed by atoms with van der Waals surface area (Å²) in [6.45, 7) is -0.0549. The first-order valence-corrected chi connectivity index (χ1v) is 18.9. The van der Waals surface area contributed by atoms with Crippen molar-refractivity contribution in [3.05, 3.63) is 176 Å². The van der Waals surface area contributed by atoms with E-state index in [0.717, 1.165) is 66.6 Å². The molecule has 0 saturated heterocycles. The Kier molecular flexibility index (Phi) is 5.68. The smallest absolute Gasteiger partial charge is 0.252 e. The molecular weight excluding hydrogens is 671 g/mol. The van der Waals surface area contributed by atoms with E-state index in [-0.39, 0.29) is 6.71 Å². The quantitative estimate of drug-likeness (QED) is 0.168. The Labute approximate surface area is 316 Å². The number of benzene rings is 9. The third-order valence-corrected chi connectivity index (χ3v) is 11.9. The number of nitrogens with zero attached hydrogens (tertiary/aromatic N) is 2. The summed E-state index contributed by atoms with van der Waals surface area (Å²) < 4.78 is 13.5. The van der Waals surface area contributed by atoms with Crippen molar-refractivity contribution in [2.24, 2.45) is 0 Å². The highest BCUT2D eigenvalue weighted by Gasteiger charge is 2.45. The molecule has 5 heteroatoms. The first kappa shape index (κ1) is 29.2. The van der Waals surface area contributed by atoms with E-state index in [1.807, 2.05) is 0 Å². The molecule has 254 valence electrons. The standard InChI is InChI=1S/C50H29BN2O2/c1-3-16-34(17-4-1)52-40-20-11-21-41-48(40)51(38-22-24-42-46(49(38)52)36-26-30-12-7-9-14-32(30)28-44(36)54-42)39-23-25-43-47(50(39)53(41)35-18-5-2-6-19-35)37-27-31-13-8-10-15-33(31)29-45(37)55-43/h1-29H. The van der Waals surface area contributed by atoms with Crippen LogP contribution in [0.15, 0.2) is 185 Å². The molecule has 0 N–H and O–H groups in total. The Balaban J connectivity index is 1.20. The van der Waals surface area contributed by atoms with Crippen molar-refractivity contribution in [1.29, 1.82) is 0 Å². The molecular formula is C50H29BN2O2. The lowest BCUT2D eigenvalue weighted by Gasteiger charge is -2.44. The number of para-hydroxylation sites is 2. The summed E-state index contributed by atoms with van der Waals surface area (Å²) >= 11 is 0. The molecule has 9 aromatic carbocycles. The summed E-state index contributed by atoms with van der Waals surface area (Å²) in [6, 6.07) is 63.5. The molecule has 0 unspecified atom stereocenters. The number of hydrogen-bond donors (Lipinski definition) is 0. The van der Waals surface area contributed by atoms with Crippen LogP contribution >= 0.6 is 0 Å². The molecule has 2 aliphatic rings. The number of fused-ring (bicyclic) bond motifs is 14. The zero-order chi connectivity index (χ0) is 35.8. The summed E-state index contributed by atoms with van der Waals surface area (Å²) in [5.74, 6) is 0. The Morgan fingerprint density at radius 3 is 1.24 bits per heavy atom. The van der Waals surface area contributed by atoms with Gasteiger partial charge in [-0.25, -0.2) is 0 Å². The molecule has 4 heterocycles. The van der Waals surface area contributed by atoms with Crippen LogP contribution in [0.3, 0.4) is 0 Å². The highest BCUT2D eigenvalue weighted by atomic mass is 16.3. The van der Waals surface area contributed by atoms with Crippen LogP contribution in [0.2, 0.25) is 0 Å². The fraction of sp³-hybridized carbons (Fsp3) is 0. The molecule has 11 aromatic rings. The minimum atomic E-state index is -0.0549. The van der Waals surface area contributed by atoms with Gasteiger partial charge in [0.2, 0.25) is 0 Å². The van der Waals surface area contributed by atoms with Gasteiger partial charge in [-0.1, -0.05) is 103 Å². The normalized spacial score (nSPS) is 13.3. The highest BCUT2D eigenvalue weighted by molar-refractivity contribution is 7.01. The molecule has 4 nitrogen and oxygen atoms in total. The third-order valence-electron chi connectivity index (χ3n) is 11.9. The second-order valence-electron chi connectivity index (χ2n) is 14.8. The SMILES string of the molecule is c1ccc(N2c3cccc4c3B(c3ccc5oc6cc7ccccc7cc6c5c32)c2ccc3oc5cc6ccccc6cc5c3c2N4c2ccccc2)cc1. The zero-order valence-electron chi connectivity index (χ0n) is 29.5. The molecule has 13 rings (SSSR count). The monoisotopic (exact) mass is 700 g/mol. The number of hydrogen-bond acceptors (Lipinski definition) is 4. The molecule has 0 saturated carbocycles. The van der Waals surface area contributed by atoms with Crippen LogP contribution < -0.4 is 26.2 Å². The average molecular weight is 701 g/mol. The Morgan fingerprint density at radius 1 is 0.364 bits per heavy atom. The number of anilines is 6. The molecule has 0 atom stereocenters. The molecule has 0 bridgehead atoms. The van der Waals surface area contributed by atoms with Gasteiger partial charge in [-0.15, -0.1) is 0 Å². The van der Waals surface area contributed by atoms with Crippen LogP contribution in [0, 0.1) is 0 Å². The molecule has 55 heavy (non-hydrogen) atoms. The lowest BCUT2D eigenvalue weighted by atomic mass is 9.33. The van der Waals surface area contributed by atoms with Crippen LogP contribution in [0.4, 0.5) is 34.1 Å². The molecule has 0 amide bonds. The van der Waals surface area contributed by atoms with E-state index in [2.05, 4.69) is 186 Å². The van der Waals surface area contributed by atoms with E-state index in [9.17, 15) is 0 Å². The Morgan fingerprint density at radius 2 is 0.782 bits per heavy atom. The summed E-state index contributed by atoms with van der Waals surface area (Å²) in [6.07, 6.45) is 0. The van der Waals surface area contributed by atoms with E-state index in [1.54, 1.807) is 0 Å². The van der Waals surface area contributed by atoms with Crippen molar-refractivity contribution in [2.45, 2.75) is 0 Å². The van der Waals surface area contributed by atoms with Crippen molar-refractivity contribution >= 4 is 123 Å². The van der Waals surface area contributed by atoms with E-state index in [0.29, 0.717) is 0 Å². The predicted octanol–water partition coefficient (Wildman–Crippen LogP) is 11.9. The first-order valence-electron chi connectivity index (χ1n) is 18.9. The van der Waals surface area contributed by atoms with Gasteiger partial charge >= 0.3 is 0 Å². The zero-order valence-corrected chi connectivity index (χ0v) is 29.5. The topological polar surface area (TPSA) is 32.8 Å². The van der Waals surface area contributed by atoms with Gasteiger partial charge in [0.05, 0.1) is 22.1 Å². The fourth-order valence-electron chi connectivity index (χ4n) is 9.69. The molecule has 2 aliphatic heterocycles. The van der Waals surface area contributed by atoms with Gasteiger partial charge in [0.15, 0.2) is 0 Å². The van der Waals surface area contributed by atoms with E-state index < -0.39 is 0 Å². The molecule has 0 aliphatic carbocycles. The molecule has 0 spiro atoms. The maximum atomic E-state index is 6.73. The Hall–Kier alpha value is -7.24. The van der Waals surface area contributed by atoms with Gasteiger partial charge in [0, 0.05) is 33.5 Å². The van der Waals surface area contributed by atoms with Crippen molar-refractivity contribution in [3.63, 3.8) is 0 Å². The van der Waals surface area contributed by atoms with Gasteiger partial charge < -0.3 is 18.6 Å². The van der Waals surface area contributed by atoms with Crippen molar-refractivity contribution < 1.29 is 8.83 Å². The van der Waals surface area contributed by atoms with Crippen LogP contribution in [0.1, 0.15) is 0 Å². The van der Waals surface area contributed by atoms with Crippen molar-refractivity contribution in [3.8, 4) is 0 Å². The van der Waals surface area contributed by atoms with Gasteiger partial charge in [-0.05, 0) is 111 Å². The van der Waals surface area contributed by atoms with Gasteiger partial charge in [-0.3, -0.25) is 0 Å². The largest absolute Gasteiger partial charge is 0.456 e. The third kappa shape index (κ3) is 3.91. The van der Waals surface area contributed by atoms with Crippen LogP contribution in [-0.2, 0) is 0 Å². The number of furan rings is 2. The maximum absolute atomic E-state index is 6.73. The number of rotatable bonds is 2. The lowest BCUT2D eigenvalue weighted by Crippen LogP contribution is -2.61.